The summed E-state index contributed by atoms with van der Waals surface area (Å²) in [5.41, 5.74) is 4.56. The maximum Gasteiger partial charge on any atom is 0.0508 e. The minimum Gasteiger partial charge on any atom is -0.384 e. The zero-order chi connectivity index (χ0) is 20.4. The number of allylic oxidation sites excluding steroid dienone is 9. The number of hydrogen-bond donors (Lipinski definition) is 3. The van der Waals surface area contributed by atoms with Crippen molar-refractivity contribution in [2.24, 2.45) is 0 Å². The van der Waals surface area contributed by atoms with Gasteiger partial charge in [0, 0.05) is 17.4 Å². The van der Waals surface area contributed by atoms with E-state index in [0.29, 0.717) is 18.1 Å². The van der Waals surface area contributed by atoms with Crippen LogP contribution >= 0.6 is 0 Å². The van der Waals surface area contributed by atoms with Gasteiger partial charge in [-0.05, 0) is 92.1 Å². The molecule has 0 bridgehead atoms. The van der Waals surface area contributed by atoms with Crippen molar-refractivity contribution in [2.75, 3.05) is 0 Å². The number of hydrogen-bond acceptors (Lipinski definition) is 3. The molecule has 0 amide bonds. The van der Waals surface area contributed by atoms with E-state index in [9.17, 15) is 0 Å². The molecule has 6 aliphatic rings. The lowest BCUT2D eigenvalue weighted by Gasteiger charge is -2.24. The summed E-state index contributed by atoms with van der Waals surface area (Å²) in [4.78, 5) is 0. The Balaban J connectivity index is 0.000000130. The summed E-state index contributed by atoms with van der Waals surface area (Å²) < 4.78 is 0. The lowest BCUT2D eigenvalue weighted by atomic mass is 9.94. The van der Waals surface area contributed by atoms with E-state index in [0.717, 1.165) is 38.5 Å². The second-order valence-corrected chi connectivity index (χ2v) is 8.19. The number of fused-ring (bicyclic) bond motifs is 3. The second-order valence-electron chi connectivity index (χ2n) is 8.19. The Morgan fingerprint density at radius 1 is 0.484 bits per heavy atom. The predicted molar refractivity (Wildman–Crippen MR) is 133 cm³/mol. The molecular formula is C27H33AlN3. The van der Waals surface area contributed by atoms with Gasteiger partial charge >= 0.3 is 0 Å². The maximum atomic E-state index is 3.32. The normalized spacial score (nSPS) is 27.9. The Labute approximate surface area is 198 Å². The number of rotatable bonds is 0. The SMILES string of the molecule is C1=CNC2CC=CCC2=C1.C1=CNC2CC=CCC2=C1.C1=CNC2CC=CCC2=C1.[Al]. The molecule has 0 saturated carbocycles. The Hall–Kier alpha value is -2.41. The van der Waals surface area contributed by atoms with E-state index in [4.69, 9.17) is 0 Å². The fourth-order valence-corrected chi connectivity index (χ4v) is 4.34. The van der Waals surface area contributed by atoms with Gasteiger partial charge in [-0.1, -0.05) is 54.7 Å². The van der Waals surface area contributed by atoms with Gasteiger partial charge in [-0.25, -0.2) is 0 Å². The standard InChI is InChI=1S/3C9H11N.Al/c3*1-2-6-9-8(4-1)5-3-7-10-9;/h3*1-3,5,7,9-10H,4,6H2;. The smallest absolute Gasteiger partial charge is 0.0508 e. The van der Waals surface area contributed by atoms with E-state index in [1.54, 1.807) is 0 Å². The Morgan fingerprint density at radius 2 is 0.806 bits per heavy atom. The summed E-state index contributed by atoms with van der Waals surface area (Å²) in [6, 6.07) is 1.78. The second kappa shape index (κ2) is 12.4. The van der Waals surface area contributed by atoms with Crippen molar-refractivity contribution in [2.45, 2.75) is 56.7 Å². The van der Waals surface area contributed by atoms with Crippen LogP contribution in [-0.2, 0) is 0 Å². The van der Waals surface area contributed by atoms with Crippen LogP contribution in [0.1, 0.15) is 38.5 Å². The first kappa shape index (κ1) is 23.3. The molecule has 3 aliphatic heterocycles. The van der Waals surface area contributed by atoms with Crippen molar-refractivity contribution in [3.63, 3.8) is 0 Å². The predicted octanol–water partition coefficient (Wildman–Crippen LogP) is 4.86. The third-order valence-electron chi connectivity index (χ3n) is 6.13. The molecule has 3 N–H and O–H groups in total. The van der Waals surface area contributed by atoms with Gasteiger partial charge in [-0.2, -0.15) is 0 Å². The van der Waals surface area contributed by atoms with Crippen LogP contribution in [0.3, 0.4) is 0 Å². The molecule has 3 unspecified atom stereocenters. The molecule has 3 nitrogen and oxygen atoms in total. The Morgan fingerprint density at radius 3 is 1.10 bits per heavy atom. The van der Waals surface area contributed by atoms with Gasteiger partial charge in [0.25, 0.3) is 0 Å². The van der Waals surface area contributed by atoms with E-state index in [-0.39, 0.29) is 17.4 Å². The zero-order valence-corrected chi connectivity index (χ0v) is 19.4. The minimum absolute atomic E-state index is 0. The van der Waals surface area contributed by atoms with Crippen LogP contribution in [0.2, 0.25) is 0 Å². The van der Waals surface area contributed by atoms with Crippen LogP contribution < -0.4 is 16.0 Å². The monoisotopic (exact) mass is 426 g/mol. The third-order valence-corrected chi connectivity index (χ3v) is 6.13. The van der Waals surface area contributed by atoms with Crippen LogP contribution in [0.4, 0.5) is 0 Å². The van der Waals surface area contributed by atoms with Crippen molar-refractivity contribution in [1.82, 2.24) is 16.0 Å². The average molecular weight is 427 g/mol. The van der Waals surface area contributed by atoms with Crippen LogP contribution in [0.15, 0.2) is 108 Å². The molecule has 3 radical (unpaired) electrons. The molecule has 0 aromatic rings. The van der Waals surface area contributed by atoms with Crippen molar-refractivity contribution >= 4 is 17.4 Å². The maximum absolute atomic E-state index is 3.32. The molecule has 31 heavy (non-hydrogen) atoms. The van der Waals surface area contributed by atoms with Crippen LogP contribution in [0.25, 0.3) is 0 Å². The molecule has 0 aromatic carbocycles. The molecule has 6 rings (SSSR count). The summed E-state index contributed by atoms with van der Waals surface area (Å²) >= 11 is 0. The summed E-state index contributed by atoms with van der Waals surface area (Å²) in [7, 11) is 0. The average Bonchev–Trinajstić information content (AvgIpc) is 2.85. The van der Waals surface area contributed by atoms with E-state index < -0.39 is 0 Å². The third kappa shape index (κ3) is 6.79. The lowest BCUT2D eigenvalue weighted by molar-refractivity contribution is 0.638. The van der Waals surface area contributed by atoms with Gasteiger partial charge in [0.15, 0.2) is 0 Å². The molecule has 0 aromatic heterocycles. The summed E-state index contributed by atoms with van der Waals surface area (Å²) in [6.07, 6.45) is 39.2. The molecule has 3 heterocycles. The van der Waals surface area contributed by atoms with Crippen molar-refractivity contribution in [3.05, 3.63) is 108 Å². The molecular weight excluding hydrogens is 393 g/mol. The largest absolute Gasteiger partial charge is 0.384 e. The highest BCUT2D eigenvalue weighted by Crippen LogP contribution is 2.21. The van der Waals surface area contributed by atoms with Gasteiger partial charge in [0.05, 0.1) is 18.1 Å². The van der Waals surface area contributed by atoms with Gasteiger partial charge in [-0.15, -0.1) is 0 Å². The molecule has 3 aliphatic carbocycles. The van der Waals surface area contributed by atoms with Crippen LogP contribution in [0.5, 0.6) is 0 Å². The van der Waals surface area contributed by atoms with Crippen LogP contribution in [-0.4, -0.2) is 35.5 Å². The topological polar surface area (TPSA) is 36.1 Å². The van der Waals surface area contributed by atoms with Crippen molar-refractivity contribution in [1.29, 1.82) is 0 Å². The van der Waals surface area contributed by atoms with E-state index in [2.05, 4.69) is 88.9 Å². The molecule has 4 heteroatoms. The highest BCUT2D eigenvalue weighted by Gasteiger charge is 2.15. The van der Waals surface area contributed by atoms with E-state index >= 15 is 0 Å². The molecule has 3 atom stereocenters. The van der Waals surface area contributed by atoms with Crippen molar-refractivity contribution in [3.8, 4) is 0 Å². The summed E-state index contributed by atoms with van der Waals surface area (Å²) in [5.74, 6) is 0. The van der Waals surface area contributed by atoms with Gasteiger partial charge < -0.3 is 16.0 Å². The van der Waals surface area contributed by atoms with Gasteiger partial charge in [0.1, 0.15) is 0 Å². The Bertz CT molecular complexity index is 753. The van der Waals surface area contributed by atoms with E-state index in [1.807, 2.05) is 18.6 Å². The fourth-order valence-electron chi connectivity index (χ4n) is 4.34. The summed E-state index contributed by atoms with van der Waals surface area (Å²) in [6.45, 7) is 0. The first-order valence-corrected chi connectivity index (χ1v) is 11.2. The van der Waals surface area contributed by atoms with Gasteiger partial charge in [0.2, 0.25) is 0 Å². The number of dihydropyridines is 3. The first-order valence-electron chi connectivity index (χ1n) is 11.2. The molecule has 0 spiro atoms. The molecule has 0 saturated heterocycles. The lowest BCUT2D eigenvalue weighted by Crippen LogP contribution is -2.29. The quantitative estimate of drug-likeness (QED) is 0.382. The molecule has 159 valence electrons. The van der Waals surface area contributed by atoms with Crippen molar-refractivity contribution < 1.29 is 0 Å². The highest BCUT2D eigenvalue weighted by molar-refractivity contribution is 5.75. The zero-order valence-electron chi connectivity index (χ0n) is 18.2. The van der Waals surface area contributed by atoms with Crippen LogP contribution in [0, 0.1) is 0 Å². The molecule has 0 fully saturated rings. The number of nitrogens with one attached hydrogen (secondary N) is 3. The van der Waals surface area contributed by atoms with E-state index in [1.165, 1.54) is 16.7 Å². The highest BCUT2D eigenvalue weighted by atomic mass is 27.0. The minimum atomic E-state index is 0. The fraction of sp³-hybridized carbons (Fsp3) is 0.333. The first-order chi connectivity index (χ1) is 14.9. The summed E-state index contributed by atoms with van der Waals surface area (Å²) in [5, 5.41) is 9.96. The Kier molecular flexibility index (Phi) is 9.34. The van der Waals surface area contributed by atoms with Gasteiger partial charge in [-0.3, -0.25) is 0 Å².